The first-order chi connectivity index (χ1) is 12.8. The van der Waals surface area contributed by atoms with Crippen molar-refractivity contribution in [2.45, 2.75) is 33.7 Å². The summed E-state index contributed by atoms with van der Waals surface area (Å²) in [5.74, 6) is 0.796. The Balaban J connectivity index is 2.00. The number of aromatic amines is 2. The molecule has 4 rings (SSSR count). The number of rotatable bonds is 3. The van der Waals surface area contributed by atoms with Crippen LogP contribution < -0.4 is 10.9 Å². The van der Waals surface area contributed by atoms with E-state index in [1.165, 1.54) is 0 Å². The zero-order valence-corrected chi connectivity index (χ0v) is 15.9. The van der Waals surface area contributed by atoms with Gasteiger partial charge >= 0.3 is 0 Å². The average Bonchev–Trinajstić information content (AvgIpc) is 3.15. The van der Waals surface area contributed by atoms with Gasteiger partial charge in [0.15, 0.2) is 0 Å². The Morgan fingerprint density at radius 3 is 2.63 bits per heavy atom. The van der Waals surface area contributed by atoms with Crippen molar-refractivity contribution in [2.24, 2.45) is 5.41 Å². The second kappa shape index (κ2) is 6.23. The Bertz CT molecular complexity index is 1170. The highest BCUT2D eigenvalue weighted by molar-refractivity contribution is 6.10. The van der Waals surface area contributed by atoms with Crippen molar-refractivity contribution >= 4 is 27.5 Å². The highest BCUT2D eigenvalue weighted by Gasteiger charge is 2.22. The number of H-pyrrole nitrogens is 2. The molecule has 27 heavy (non-hydrogen) atoms. The molecule has 0 aliphatic carbocycles. The summed E-state index contributed by atoms with van der Waals surface area (Å²) >= 11 is 0. The number of hydrogen-bond donors (Lipinski definition) is 3. The minimum Gasteiger partial charge on any atom is -0.367 e. The second-order valence-corrected chi connectivity index (χ2v) is 8.01. The summed E-state index contributed by atoms with van der Waals surface area (Å²) in [4.78, 5) is 20.1. The molecule has 138 valence electrons. The molecular weight excluding hydrogens is 338 g/mol. The van der Waals surface area contributed by atoms with Crippen molar-refractivity contribution in [1.82, 2.24) is 20.2 Å². The molecule has 1 aromatic carbocycles. The molecular formula is C21H23N5O. The van der Waals surface area contributed by atoms with E-state index in [1.807, 2.05) is 30.5 Å². The Hall–Kier alpha value is -3.15. The SMILES string of the molecule is CC(Nc1nc2cc[nH]c(=O)c2c2cc(-c3cn[nH]c3)ccc12)C(C)(C)C. The molecule has 1 unspecified atom stereocenters. The molecule has 0 saturated carbocycles. The third-order valence-corrected chi connectivity index (χ3v) is 5.20. The first-order valence-corrected chi connectivity index (χ1v) is 9.05. The molecule has 0 aliphatic heterocycles. The van der Waals surface area contributed by atoms with Gasteiger partial charge in [-0.3, -0.25) is 9.89 Å². The van der Waals surface area contributed by atoms with Crippen LogP contribution in [0.15, 0.2) is 47.7 Å². The Kier molecular flexibility index (Phi) is 3.98. The van der Waals surface area contributed by atoms with Crippen molar-refractivity contribution < 1.29 is 0 Å². The fourth-order valence-electron chi connectivity index (χ4n) is 3.08. The highest BCUT2D eigenvalue weighted by Crippen LogP contribution is 2.33. The number of nitrogens with zero attached hydrogens (tertiary/aromatic N) is 2. The van der Waals surface area contributed by atoms with Gasteiger partial charge in [0.2, 0.25) is 0 Å². The van der Waals surface area contributed by atoms with E-state index in [0.717, 1.165) is 27.7 Å². The number of aromatic nitrogens is 4. The van der Waals surface area contributed by atoms with Crippen LogP contribution in [-0.2, 0) is 0 Å². The lowest BCUT2D eigenvalue weighted by Crippen LogP contribution is -2.31. The number of benzene rings is 1. The fraction of sp³-hybridized carbons (Fsp3) is 0.286. The minimum atomic E-state index is -0.134. The molecule has 0 radical (unpaired) electrons. The first kappa shape index (κ1) is 17.3. The molecule has 0 fully saturated rings. The maximum atomic E-state index is 12.5. The molecule has 0 saturated heterocycles. The lowest BCUT2D eigenvalue weighted by Gasteiger charge is -2.29. The predicted octanol–water partition coefficient (Wildman–Crippen LogP) is 4.31. The first-order valence-electron chi connectivity index (χ1n) is 9.05. The van der Waals surface area contributed by atoms with Gasteiger partial charge in [-0.1, -0.05) is 32.9 Å². The molecule has 4 aromatic rings. The predicted molar refractivity (Wildman–Crippen MR) is 110 cm³/mol. The average molecular weight is 361 g/mol. The summed E-state index contributed by atoms with van der Waals surface area (Å²) in [5.41, 5.74) is 2.60. The van der Waals surface area contributed by atoms with Gasteiger partial charge in [-0.2, -0.15) is 5.10 Å². The third kappa shape index (κ3) is 3.07. The maximum absolute atomic E-state index is 12.5. The van der Waals surface area contributed by atoms with Gasteiger partial charge in [-0.25, -0.2) is 4.98 Å². The number of pyridine rings is 2. The molecule has 6 heteroatoms. The van der Waals surface area contributed by atoms with Crippen LogP contribution in [0.25, 0.3) is 32.8 Å². The van der Waals surface area contributed by atoms with Gasteiger partial charge in [0.05, 0.1) is 17.1 Å². The fourth-order valence-corrected chi connectivity index (χ4v) is 3.08. The molecule has 6 nitrogen and oxygen atoms in total. The van der Waals surface area contributed by atoms with Gasteiger partial charge in [0, 0.05) is 34.8 Å². The van der Waals surface area contributed by atoms with Gasteiger partial charge in [-0.15, -0.1) is 0 Å². The lowest BCUT2D eigenvalue weighted by atomic mass is 9.88. The molecule has 1 atom stereocenters. The minimum absolute atomic E-state index is 0.0772. The van der Waals surface area contributed by atoms with Crippen molar-refractivity contribution in [3.05, 3.63) is 53.2 Å². The summed E-state index contributed by atoms with van der Waals surface area (Å²) in [7, 11) is 0. The summed E-state index contributed by atoms with van der Waals surface area (Å²) in [6.45, 7) is 8.72. The number of anilines is 1. The largest absolute Gasteiger partial charge is 0.367 e. The number of fused-ring (bicyclic) bond motifs is 3. The van der Waals surface area contributed by atoms with E-state index in [9.17, 15) is 4.79 Å². The van der Waals surface area contributed by atoms with Crippen LogP contribution >= 0.6 is 0 Å². The van der Waals surface area contributed by atoms with Gasteiger partial charge in [0.1, 0.15) is 5.82 Å². The molecule has 0 bridgehead atoms. The van der Waals surface area contributed by atoms with Crippen LogP contribution in [0, 0.1) is 5.41 Å². The van der Waals surface area contributed by atoms with Gasteiger partial charge in [-0.05, 0) is 30.0 Å². The van der Waals surface area contributed by atoms with E-state index in [1.54, 1.807) is 12.4 Å². The topological polar surface area (TPSA) is 86.5 Å². The normalized spacial score (nSPS) is 13.2. The smallest absolute Gasteiger partial charge is 0.258 e. The van der Waals surface area contributed by atoms with Crippen molar-refractivity contribution in [3.63, 3.8) is 0 Å². The summed E-state index contributed by atoms with van der Waals surface area (Å²) in [6.07, 6.45) is 5.26. The van der Waals surface area contributed by atoms with E-state index in [-0.39, 0.29) is 17.0 Å². The van der Waals surface area contributed by atoms with Crippen LogP contribution in [0.3, 0.4) is 0 Å². The van der Waals surface area contributed by atoms with E-state index in [0.29, 0.717) is 10.9 Å². The molecule has 0 spiro atoms. The molecule has 3 aromatic heterocycles. The molecule has 3 heterocycles. The third-order valence-electron chi connectivity index (χ3n) is 5.20. The van der Waals surface area contributed by atoms with E-state index >= 15 is 0 Å². The molecule has 3 N–H and O–H groups in total. The Morgan fingerprint density at radius 1 is 1.11 bits per heavy atom. The quantitative estimate of drug-likeness (QED) is 0.475. The highest BCUT2D eigenvalue weighted by atomic mass is 16.1. The number of hydrogen-bond acceptors (Lipinski definition) is 4. The van der Waals surface area contributed by atoms with Gasteiger partial charge in [0.25, 0.3) is 5.56 Å². The van der Waals surface area contributed by atoms with Crippen molar-refractivity contribution in [1.29, 1.82) is 0 Å². The maximum Gasteiger partial charge on any atom is 0.258 e. The van der Waals surface area contributed by atoms with E-state index in [2.05, 4.69) is 48.2 Å². The van der Waals surface area contributed by atoms with Crippen LogP contribution in [0.1, 0.15) is 27.7 Å². The Labute approximate surface area is 157 Å². The van der Waals surface area contributed by atoms with Crippen LogP contribution in [-0.4, -0.2) is 26.2 Å². The van der Waals surface area contributed by atoms with E-state index < -0.39 is 0 Å². The zero-order valence-electron chi connectivity index (χ0n) is 15.9. The second-order valence-electron chi connectivity index (χ2n) is 8.01. The summed E-state index contributed by atoms with van der Waals surface area (Å²) in [6, 6.07) is 8.14. The van der Waals surface area contributed by atoms with Crippen LogP contribution in [0.2, 0.25) is 0 Å². The number of nitrogens with one attached hydrogen (secondary N) is 3. The van der Waals surface area contributed by atoms with E-state index in [4.69, 9.17) is 4.98 Å². The van der Waals surface area contributed by atoms with Crippen molar-refractivity contribution in [2.75, 3.05) is 5.32 Å². The lowest BCUT2D eigenvalue weighted by molar-refractivity contribution is 0.359. The summed E-state index contributed by atoms with van der Waals surface area (Å²) in [5, 5.41) is 12.8. The van der Waals surface area contributed by atoms with Crippen LogP contribution in [0.4, 0.5) is 5.82 Å². The van der Waals surface area contributed by atoms with Crippen LogP contribution in [0.5, 0.6) is 0 Å². The van der Waals surface area contributed by atoms with Gasteiger partial charge < -0.3 is 10.3 Å². The molecule has 0 amide bonds. The standard InChI is InChI=1S/C21H23N5O/c1-12(21(2,3)4)25-19-15-6-5-13(14-10-23-24-11-14)9-16(15)18-17(26-19)7-8-22-20(18)27/h5-12H,1-4H3,(H,22,27)(H,23,24)(H,25,26). The molecule has 0 aliphatic rings. The van der Waals surface area contributed by atoms with Crippen molar-refractivity contribution in [3.8, 4) is 11.1 Å². The summed E-state index contributed by atoms with van der Waals surface area (Å²) < 4.78 is 0. The zero-order chi connectivity index (χ0) is 19.2. The monoisotopic (exact) mass is 361 g/mol. The Morgan fingerprint density at radius 2 is 1.93 bits per heavy atom.